The predicted molar refractivity (Wildman–Crippen MR) is 51.6 cm³/mol. The SMILES string of the molecule is O[C@H](CNC1CCCCCC1)C(F)(F)F. The summed E-state index contributed by atoms with van der Waals surface area (Å²) in [6, 6.07) is 0.143. The average molecular weight is 225 g/mol. The third kappa shape index (κ3) is 4.84. The molecule has 1 rings (SSSR count). The molecule has 1 atom stereocenters. The van der Waals surface area contributed by atoms with Crippen LogP contribution in [0.25, 0.3) is 0 Å². The maximum absolute atomic E-state index is 12.0. The Balaban J connectivity index is 2.23. The molecule has 0 aromatic heterocycles. The summed E-state index contributed by atoms with van der Waals surface area (Å²) >= 11 is 0. The highest BCUT2D eigenvalue weighted by molar-refractivity contribution is 4.75. The van der Waals surface area contributed by atoms with Crippen molar-refractivity contribution in [2.24, 2.45) is 0 Å². The molecule has 15 heavy (non-hydrogen) atoms. The smallest absolute Gasteiger partial charge is 0.382 e. The molecule has 0 saturated heterocycles. The molecular formula is C10H18F3NO. The van der Waals surface area contributed by atoms with E-state index in [1.807, 2.05) is 0 Å². The van der Waals surface area contributed by atoms with Gasteiger partial charge in [-0.2, -0.15) is 13.2 Å². The lowest BCUT2D eigenvalue weighted by Gasteiger charge is -2.20. The van der Waals surface area contributed by atoms with Crippen molar-refractivity contribution in [3.63, 3.8) is 0 Å². The number of alkyl halides is 3. The normalized spacial score (nSPS) is 22.4. The van der Waals surface area contributed by atoms with Crippen molar-refractivity contribution in [3.05, 3.63) is 0 Å². The van der Waals surface area contributed by atoms with Gasteiger partial charge in [0.25, 0.3) is 0 Å². The van der Waals surface area contributed by atoms with Crippen LogP contribution in [0.5, 0.6) is 0 Å². The van der Waals surface area contributed by atoms with Crippen LogP contribution in [0.3, 0.4) is 0 Å². The lowest BCUT2D eigenvalue weighted by molar-refractivity contribution is -0.202. The van der Waals surface area contributed by atoms with Gasteiger partial charge in [-0.3, -0.25) is 0 Å². The Morgan fingerprint density at radius 1 is 1.13 bits per heavy atom. The van der Waals surface area contributed by atoms with Gasteiger partial charge in [0.2, 0.25) is 0 Å². The number of aliphatic hydroxyl groups is 1. The van der Waals surface area contributed by atoms with E-state index in [0.29, 0.717) is 0 Å². The maximum Gasteiger partial charge on any atom is 0.415 e. The summed E-state index contributed by atoms with van der Waals surface area (Å²) in [5, 5.41) is 11.6. The minimum absolute atomic E-state index is 0.143. The van der Waals surface area contributed by atoms with Gasteiger partial charge < -0.3 is 10.4 Å². The van der Waals surface area contributed by atoms with E-state index in [1.54, 1.807) is 0 Å². The lowest BCUT2D eigenvalue weighted by Crippen LogP contribution is -2.42. The summed E-state index contributed by atoms with van der Waals surface area (Å²) in [5.74, 6) is 0. The minimum atomic E-state index is -4.50. The van der Waals surface area contributed by atoms with Crippen LogP contribution in [0.15, 0.2) is 0 Å². The Labute approximate surface area is 87.9 Å². The lowest BCUT2D eigenvalue weighted by atomic mass is 10.1. The Morgan fingerprint density at radius 2 is 1.67 bits per heavy atom. The van der Waals surface area contributed by atoms with Gasteiger partial charge in [-0.25, -0.2) is 0 Å². The topological polar surface area (TPSA) is 32.3 Å². The van der Waals surface area contributed by atoms with Crippen molar-refractivity contribution >= 4 is 0 Å². The van der Waals surface area contributed by atoms with Crippen molar-refractivity contribution in [2.45, 2.75) is 56.8 Å². The second-order valence-corrected chi connectivity index (χ2v) is 4.15. The standard InChI is InChI=1S/C10H18F3NO/c11-10(12,13)9(15)7-14-8-5-3-1-2-4-6-8/h8-9,14-15H,1-7H2/t9-/m1/s1. The first-order valence-electron chi connectivity index (χ1n) is 5.48. The summed E-state index contributed by atoms with van der Waals surface area (Å²) in [4.78, 5) is 0. The number of nitrogens with one attached hydrogen (secondary N) is 1. The van der Waals surface area contributed by atoms with E-state index in [2.05, 4.69) is 5.32 Å². The summed E-state index contributed by atoms with van der Waals surface area (Å²) in [5.41, 5.74) is 0. The molecule has 2 nitrogen and oxygen atoms in total. The highest BCUT2D eigenvalue weighted by atomic mass is 19.4. The molecule has 0 unspecified atom stereocenters. The van der Waals surface area contributed by atoms with Gasteiger partial charge in [-0.15, -0.1) is 0 Å². The first kappa shape index (κ1) is 12.8. The maximum atomic E-state index is 12.0. The monoisotopic (exact) mass is 225 g/mol. The molecule has 90 valence electrons. The molecule has 0 bridgehead atoms. The van der Waals surface area contributed by atoms with Gasteiger partial charge in [0.05, 0.1) is 0 Å². The summed E-state index contributed by atoms with van der Waals surface area (Å²) in [6.07, 6.45) is -0.423. The van der Waals surface area contributed by atoms with E-state index in [1.165, 1.54) is 12.8 Å². The van der Waals surface area contributed by atoms with Crippen LogP contribution in [-0.4, -0.2) is 30.0 Å². The van der Waals surface area contributed by atoms with E-state index in [9.17, 15) is 13.2 Å². The van der Waals surface area contributed by atoms with Gasteiger partial charge in [0.1, 0.15) is 0 Å². The van der Waals surface area contributed by atoms with Crippen LogP contribution in [0.4, 0.5) is 13.2 Å². The van der Waals surface area contributed by atoms with Crippen molar-refractivity contribution < 1.29 is 18.3 Å². The fourth-order valence-corrected chi connectivity index (χ4v) is 1.88. The zero-order chi connectivity index (χ0) is 11.3. The number of hydrogen-bond donors (Lipinski definition) is 2. The molecule has 0 radical (unpaired) electrons. The largest absolute Gasteiger partial charge is 0.415 e. The number of halogens is 3. The van der Waals surface area contributed by atoms with Crippen LogP contribution in [-0.2, 0) is 0 Å². The van der Waals surface area contributed by atoms with Crippen molar-refractivity contribution in [3.8, 4) is 0 Å². The van der Waals surface area contributed by atoms with Crippen LogP contribution in [0.1, 0.15) is 38.5 Å². The Bertz CT molecular complexity index is 176. The first-order valence-corrected chi connectivity index (χ1v) is 5.48. The molecule has 1 fully saturated rings. The van der Waals surface area contributed by atoms with E-state index in [0.717, 1.165) is 25.7 Å². The molecule has 1 saturated carbocycles. The molecule has 0 amide bonds. The van der Waals surface area contributed by atoms with E-state index in [4.69, 9.17) is 5.11 Å². The van der Waals surface area contributed by atoms with Gasteiger partial charge in [0.15, 0.2) is 6.10 Å². The second-order valence-electron chi connectivity index (χ2n) is 4.15. The zero-order valence-electron chi connectivity index (χ0n) is 8.69. The Hall–Kier alpha value is -0.290. The van der Waals surface area contributed by atoms with Crippen LogP contribution < -0.4 is 5.32 Å². The average Bonchev–Trinajstić information content (AvgIpc) is 2.40. The number of aliphatic hydroxyl groups excluding tert-OH is 1. The molecule has 0 aromatic rings. The molecule has 5 heteroatoms. The summed E-state index contributed by atoms with van der Waals surface area (Å²) in [7, 11) is 0. The molecule has 0 spiro atoms. The Morgan fingerprint density at radius 3 is 2.13 bits per heavy atom. The van der Waals surface area contributed by atoms with Gasteiger partial charge in [-0.05, 0) is 12.8 Å². The van der Waals surface area contributed by atoms with Crippen molar-refractivity contribution in [1.82, 2.24) is 5.32 Å². The van der Waals surface area contributed by atoms with Gasteiger partial charge in [-0.1, -0.05) is 25.7 Å². The first-order chi connectivity index (χ1) is 7.00. The quantitative estimate of drug-likeness (QED) is 0.722. The highest BCUT2D eigenvalue weighted by Crippen LogP contribution is 2.21. The van der Waals surface area contributed by atoms with Crippen LogP contribution in [0.2, 0.25) is 0 Å². The van der Waals surface area contributed by atoms with E-state index >= 15 is 0 Å². The minimum Gasteiger partial charge on any atom is -0.382 e. The molecule has 0 aromatic carbocycles. The van der Waals surface area contributed by atoms with Crippen molar-refractivity contribution in [1.29, 1.82) is 0 Å². The second kappa shape index (κ2) is 5.70. The molecular weight excluding hydrogens is 207 g/mol. The molecule has 2 N–H and O–H groups in total. The summed E-state index contributed by atoms with van der Waals surface area (Å²) < 4.78 is 36.0. The fourth-order valence-electron chi connectivity index (χ4n) is 1.88. The Kier molecular flexibility index (Phi) is 4.86. The third-order valence-electron chi connectivity index (χ3n) is 2.83. The molecule has 1 aliphatic carbocycles. The fraction of sp³-hybridized carbons (Fsp3) is 1.00. The number of hydrogen-bond acceptors (Lipinski definition) is 2. The number of rotatable bonds is 3. The van der Waals surface area contributed by atoms with Crippen LogP contribution >= 0.6 is 0 Å². The van der Waals surface area contributed by atoms with E-state index in [-0.39, 0.29) is 12.6 Å². The predicted octanol–water partition coefficient (Wildman–Crippen LogP) is 2.22. The zero-order valence-corrected chi connectivity index (χ0v) is 8.69. The van der Waals surface area contributed by atoms with E-state index < -0.39 is 12.3 Å². The van der Waals surface area contributed by atoms with Gasteiger partial charge >= 0.3 is 6.18 Å². The van der Waals surface area contributed by atoms with Crippen molar-refractivity contribution in [2.75, 3.05) is 6.54 Å². The molecule has 0 heterocycles. The molecule has 0 aliphatic heterocycles. The van der Waals surface area contributed by atoms with Crippen LogP contribution in [0, 0.1) is 0 Å². The van der Waals surface area contributed by atoms with Gasteiger partial charge in [0, 0.05) is 12.6 Å². The highest BCUT2D eigenvalue weighted by Gasteiger charge is 2.38. The third-order valence-corrected chi connectivity index (χ3v) is 2.83. The summed E-state index contributed by atoms with van der Waals surface area (Å²) in [6.45, 7) is -0.381. The molecule has 1 aliphatic rings.